The van der Waals surface area contributed by atoms with Crippen LogP contribution >= 0.6 is 0 Å². The molecule has 0 atom stereocenters. The van der Waals surface area contributed by atoms with Gasteiger partial charge >= 0.3 is 0 Å². The Labute approximate surface area is 188 Å². The van der Waals surface area contributed by atoms with E-state index in [1.807, 2.05) is 6.20 Å². The van der Waals surface area contributed by atoms with E-state index in [1.165, 1.54) is 60.1 Å². The number of aromatic nitrogens is 1. The lowest BCUT2D eigenvalue weighted by Gasteiger charge is -2.12. The molecule has 6 rings (SSSR count). The van der Waals surface area contributed by atoms with Crippen molar-refractivity contribution in [1.82, 2.24) is 4.98 Å². The summed E-state index contributed by atoms with van der Waals surface area (Å²) in [5, 5.41) is 7.56. The summed E-state index contributed by atoms with van der Waals surface area (Å²) < 4.78 is 0. The molecule has 0 N–H and O–H groups in total. The van der Waals surface area contributed by atoms with E-state index in [1.54, 1.807) is 0 Å². The van der Waals surface area contributed by atoms with E-state index >= 15 is 0 Å². The van der Waals surface area contributed by atoms with Gasteiger partial charge in [0.05, 0.1) is 5.69 Å². The Morgan fingerprint density at radius 1 is 0.469 bits per heavy atom. The van der Waals surface area contributed by atoms with Gasteiger partial charge in [0.1, 0.15) is 0 Å². The molecular formula is C31H23N. The first-order valence-corrected chi connectivity index (χ1v) is 11.1. The fourth-order valence-corrected chi connectivity index (χ4v) is 4.96. The van der Waals surface area contributed by atoms with Gasteiger partial charge in [-0.15, -0.1) is 0 Å². The quantitative estimate of drug-likeness (QED) is 0.261. The van der Waals surface area contributed by atoms with E-state index < -0.39 is 0 Å². The molecule has 0 saturated heterocycles. The lowest BCUT2D eigenvalue weighted by atomic mass is 9.93. The van der Waals surface area contributed by atoms with Crippen LogP contribution in [0.3, 0.4) is 0 Å². The minimum absolute atomic E-state index is 1.05. The van der Waals surface area contributed by atoms with Crippen molar-refractivity contribution in [2.24, 2.45) is 0 Å². The highest BCUT2D eigenvalue weighted by atomic mass is 14.7. The highest BCUT2D eigenvalue weighted by molar-refractivity contribution is 6.19. The Balaban J connectivity index is 1.58. The summed E-state index contributed by atoms with van der Waals surface area (Å²) in [6, 6.07) is 35.2. The van der Waals surface area contributed by atoms with E-state index in [-0.39, 0.29) is 0 Å². The average Bonchev–Trinajstić information content (AvgIpc) is 2.82. The standard InChI is InChI=1S/C31H23N/c1-20-16-21(2)18-25(17-20)31-30-13-12-27-26-10-8-23(22-6-4-3-5-7-22)19-24(26)9-11-28(27)29(30)14-15-32-31/h3-19H,1-2H3. The summed E-state index contributed by atoms with van der Waals surface area (Å²) in [7, 11) is 0. The number of aryl methyl sites for hydroxylation is 2. The molecule has 0 aliphatic heterocycles. The van der Waals surface area contributed by atoms with Gasteiger partial charge in [-0.05, 0) is 76.2 Å². The van der Waals surface area contributed by atoms with Crippen molar-refractivity contribution in [1.29, 1.82) is 0 Å². The molecule has 0 radical (unpaired) electrons. The molecule has 0 fully saturated rings. The molecule has 0 aliphatic carbocycles. The van der Waals surface area contributed by atoms with Crippen LogP contribution in [-0.4, -0.2) is 4.98 Å². The highest BCUT2D eigenvalue weighted by Crippen LogP contribution is 2.36. The predicted octanol–water partition coefficient (Wildman–Crippen LogP) is 8.49. The maximum atomic E-state index is 4.77. The molecule has 0 amide bonds. The van der Waals surface area contributed by atoms with Crippen molar-refractivity contribution < 1.29 is 0 Å². The second-order valence-corrected chi connectivity index (χ2v) is 8.66. The first kappa shape index (κ1) is 18.8. The first-order valence-electron chi connectivity index (χ1n) is 11.1. The topological polar surface area (TPSA) is 12.9 Å². The van der Waals surface area contributed by atoms with Gasteiger partial charge in [-0.1, -0.05) is 83.9 Å². The molecule has 6 aromatic rings. The number of hydrogen-bond donors (Lipinski definition) is 0. The van der Waals surface area contributed by atoms with Crippen molar-refractivity contribution in [3.63, 3.8) is 0 Å². The minimum Gasteiger partial charge on any atom is -0.256 e. The van der Waals surface area contributed by atoms with Gasteiger partial charge in [0.15, 0.2) is 0 Å². The highest BCUT2D eigenvalue weighted by Gasteiger charge is 2.11. The summed E-state index contributed by atoms with van der Waals surface area (Å²) in [4.78, 5) is 4.77. The zero-order valence-corrected chi connectivity index (χ0v) is 18.3. The van der Waals surface area contributed by atoms with Crippen molar-refractivity contribution in [3.8, 4) is 22.4 Å². The van der Waals surface area contributed by atoms with Gasteiger partial charge in [-0.25, -0.2) is 0 Å². The number of fused-ring (bicyclic) bond motifs is 5. The summed E-state index contributed by atoms with van der Waals surface area (Å²) in [5.41, 5.74) is 7.26. The Morgan fingerprint density at radius 3 is 1.94 bits per heavy atom. The molecule has 0 unspecified atom stereocenters. The zero-order valence-electron chi connectivity index (χ0n) is 18.3. The van der Waals surface area contributed by atoms with Gasteiger partial charge in [-0.3, -0.25) is 4.98 Å². The molecule has 0 bridgehead atoms. The molecule has 0 saturated carbocycles. The van der Waals surface area contributed by atoms with Crippen LogP contribution in [0, 0.1) is 13.8 Å². The number of hydrogen-bond acceptors (Lipinski definition) is 1. The second kappa shape index (κ2) is 7.32. The molecule has 1 heteroatoms. The van der Waals surface area contributed by atoms with Crippen molar-refractivity contribution in [2.75, 3.05) is 0 Å². The van der Waals surface area contributed by atoms with Gasteiger partial charge in [0.25, 0.3) is 0 Å². The smallest absolute Gasteiger partial charge is 0.0780 e. The summed E-state index contributed by atoms with van der Waals surface area (Å²) in [6.45, 7) is 4.29. The van der Waals surface area contributed by atoms with Gasteiger partial charge in [0.2, 0.25) is 0 Å². The van der Waals surface area contributed by atoms with Crippen LogP contribution < -0.4 is 0 Å². The molecule has 152 valence electrons. The second-order valence-electron chi connectivity index (χ2n) is 8.66. The number of rotatable bonds is 2. The number of nitrogens with zero attached hydrogens (tertiary/aromatic N) is 1. The summed E-state index contributed by atoms with van der Waals surface area (Å²) in [5.74, 6) is 0. The SMILES string of the molecule is Cc1cc(C)cc(-c2nccc3c2ccc2c4ccc(-c5ccccc5)cc4ccc32)c1. The largest absolute Gasteiger partial charge is 0.256 e. The lowest BCUT2D eigenvalue weighted by molar-refractivity contribution is 1.33. The van der Waals surface area contributed by atoms with Gasteiger partial charge in [-0.2, -0.15) is 0 Å². The maximum absolute atomic E-state index is 4.77. The van der Waals surface area contributed by atoms with Crippen LogP contribution in [0.1, 0.15) is 11.1 Å². The normalized spacial score (nSPS) is 11.4. The maximum Gasteiger partial charge on any atom is 0.0780 e. The third-order valence-corrected chi connectivity index (χ3v) is 6.36. The van der Waals surface area contributed by atoms with Crippen molar-refractivity contribution >= 4 is 32.3 Å². The average molecular weight is 410 g/mol. The number of benzene rings is 5. The Bertz CT molecular complexity index is 1610. The molecule has 0 aliphatic rings. The fourth-order valence-electron chi connectivity index (χ4n) is 4.96. The Morgan fingerprint density at radius 2 is 1.12 bits per heavy atom. The fraction of sp³-hybridized carbons (Fsp3) is 0.0645. The molecular weight excluding hydrogens is 386 g/mol. The molecule has 1 aromatic heterocycles. The first-order chi connectivity index (χ1) is 15.7. The van der Waals surface area contributed by atoms with Gasteiger partial charge in [0, 0.05) is 17.1 Å². The third kappa shape index (κ3) is 3.06. The van der Waals surface area contributed by atoms with Gasteiger partial charge < -0.3 is 0 Å². The van der Waals surface area contributed by atoms with E-state index in [2.05, 4.69) is 111 Å². The van der Waals surface area contributed by atoms with Crippen molar-refractivity contribution in [3.05, 3.63) is 114 Å². The molecule has 0 spiro atoms. The van der Waals surface area contributed by atoms with Crippen molar-refractivity contribution in [2.45, 2.75) is 13.8 Å². The zero-order chi connectivity index (χ0) is 21.7. The van der Waals surface area contributed by atoms with Crippen LogP contribution in [-0.2, 0) is 0 Å². The molecule has 32 heavy (non-hydrogen) atoms. The predicted molar refractivity (Wildman–Crippen MR) is 137 cm³/mol. The van der Waals surface area contributed by atoms with E-state index in [0.29, 0.717) is 0 Å². The lowest BCUT2D eigenvalue weighted by Crippen LogP contribution is -1.89. The van der Waals surface area contributed by atoms with Crippen LogP contribution in [0.5, 0.6) is 0 Å². The minimum atomic E-state index is 1.05. The number of pyridine rings is 1. The summed E-state index contributed by atoms with van der Waals surface area (Å²) >= 11 is 0. The molecule has 1 heterocycles. The summed E-state index contributed by atoms with van der Waals surface area (Å²) in [6.07, 6.45) is 1.94. The third-order valence-electron chi connectivity index (χ3n) is 6.36. The van der Waals surface area contributed by atoms with Crippen LogP contribution in [0.4, 0.5) is 0 Å². The Hall–Kier alpha value is -3.97. The van der Waals surface area contributed by atoms with Crippen LogP contribution in [0.2, 0.25) is 0 Å². The van der Waals surface area contributed by atoms with E-state index in [9.17, 15) is 0 Å². The molecule has 5 aromatic carbocycles. The van der Waals surface area contributed by atoms with E-state index in [4.69, 9.17) is 4.98 Å². The Kier molecular flexibility index (Phi) is 4.29. The van der Waals surface area contributed by atoms with Crippen LogP contribution in [0.15, 0.2) is 103 Å². The monoisotopic (exact) mass is 409 g/mol. The molecule has 1 nitrogen and oxygen atoms in total. The van der Waals surface area contributed by atoms with E-state index in [0.717, 1.165) is 5.69 Å². The van der Waals surface area contributed by atoms with Crippen LogP contribution in [0.25, 0.3) is 54.7 Å².